The third kappa shape index (κ3) is 3.40. The summed E-state index contributed by atoms with van der Waals surface area (Å²) >= 11 is 0. The van der Waals surface area contributed by atoms with Crippen LogP contribution in [0.25, 0.3) is 5.76 Å². The molecule has 2 aromatic carbocycles. The highest BCUT2D eigenvalue weighted by Crippen LogP contribution is 2.42. The molecule has 1 saturated heterocycles. The monoisotopic (exact) mass is 397 g/mol. The first-order chi connectivity index (χ1) is 13.8. The number of carbonyl (C=O) groups excluding carboxylic acids is 2. The topological polar surface area (TPSA) is 85.3 Å². The van der Waals surface area contributed by atoms with Gasteiger partial charge in [0.15, 0.2) is 11.5 Å². The minimum absolute atomic E-state index is 0.00591. The fraction of sp³-hybridized carbons (Fsp3) is 0.273. The Morgan fingerprint density at radius 3 is 2.17 bits per heavy atom. The fourth-order valence-electron chi connectivity index (χ4n) is 3.51. The number of carbonyl (C=O) groups is 2. The van der Waals surface area contributed by atoms with Gasteiger partial charge in [-0.2, -0.15) is 0 Å². The number of ketones is 1. The van der Waals surface area contributed by atoms with Gasteiger partial charge in [0.1, 0.15) is 11.5 Å². The minimum Gasteiger partial charge on any atom is -0.507 e. The maximum atomic E-state index is 12.8. The number of Topliss-reactive ketones (excluding diaryl/α,β-unsaturated/α-hetero) is 1. The highest BCUT2D eigenvalue weighted by Gasteiger charge is 2.44. The molecule has 0 aliphatic carbocycles. The summed E-state index contributed by atoms with van der Waals surface area (Å²) in [7, 11) is 6.02. The molecule has 1 amide bonds. The molecule has 1 unspecified atom stereocenters. The van der Waals surface area contributed by atoms with Gasteiger partial charge in [0.05, 0.1) is 38.5 Å². The Kier molecular flexibility index (Phi) is 5.50. The van der Waals surface area contributed by atoms with Crippen molar-refractivity contribution >= 4 is 17.4 Å². The van der Waals surface area contributed by atoms with Crippen molar-refractivity contribution in [1.82, 2.24) is 4.90 Å². The van der Waals surface area contributed by atoms with Gasteiger partial charge in [-0.05, 0) is 36.8 Å². The van der Waals surface area contributed by atoms with Gasteiger partial charge >= 0.3 is 0 Å². The zero-order chi connectivity index (χ0) is 21.3. The number of amides is 1. The molecular formula is C22H23NO6. The van der Waals surface area contributed by atoms with Crippen molar-refractivity contribution in [2.24, 2.45) is 0 Å². The van der Waals surface area contributed by atoms with Crippen LogP contribution in [0.1, 0.15) is 22.7 Å². The molecular weight excluding hydrogens is 374 g/mol. The first kappa shape index (κ1) is 20.3. The van der Waals surface area contributed by atoms with E-state index < -0.39 is 17.7 Å². The summed E-state index contributed by atoms with van der Waals surface area (Å²) < 4.78 is 15.9. The Balaban J connectivity index is 2.23. The highest BCUT2D eigenvalue weighted by molar-refractivity contribution is 6.46. The van der Waals surface area contributed by atoms with Crippen molar-refractivity contribution in [2.75, 3.05) is 28.4 Å². The molecule has 0 saturated carbocycles. The minimum atomic E-state index is -0.778. The number of likely N-dealkylation sites (tertiary alicyclic amines) is 1. The molecule has 1 atom stereocenters. The van der Waals surface area contributed by atoms with E-state index >= 15 is 0 Å². The third-order valence-corrected chi connectivity index (χ3v) is 5.01. The van der Waals surface area contributed by atoms with Crippen molar-refractivity contribution in [3.8, 4) is 17.2 Å². The summed E-state index contributed by atoms with van der Waals surface area (Å²) in [5, 5.41) is 11.1. The van der Waals surface area contributed by atoms with Gasteiger partial charge in [-0.3, -0.25) is 9.59 Å². The average Bonchev–Trinajstić information content (AvgIpc) is 2.96. The van der Waals surface area contributed by atoms with Crippen LogP contribution in [-0.4, -0.2) is 50.1 Å². The number of aliphatic hydroxyl groups is 1. The third-order valence-electron chi connectivity index (χ3n) is 5.01. The van der Waals surface area contributed by atoms with E-state index in [0.29, 0.717) is 28.4 Å². The standard InChI is InChI=1S/C22H23NO6/c1-12-6-8-15(27-3)14(10-12)20(24)18-19(23(2)22(26)21(18)25)13-7-9-16(28-4)17(11-13)29-5/h6-11,19,24H,1-5H3/b20-18+. The molecule has 152 valence electrons. The second kappa shape index (κ2) is 7.87. The summed E-state index contributed by atoms with van der Waals surface area (Å²) in [4.78, 5) is 26.6. The van der Waals surface area contributed by atoms with Crippen molar-refractivity contribution in [2.45, 2.75) is 13.0 Å². The van der Waals surface area contributed by atoms with E-state index in [1.54, 1.807) is 30.3 Å². The number of methoxy groups -OCH3 is 3. The maximum Gasteiger partial charge on any atom is 0.295 e. The zero-order valence-electron chi connectivity index (χ0n) is 17.0. The molecule has 0 bridgehead atoms. The van der Waals surface area contributed by atoms with E-state index in [9.17, 15) is 14.7 Å². The van der Waals surface area contributed by atoms with Crippen LogP contribution in [-0.2, 0) is 9.59 Å². The lowest BCUT2D eigenvalue weighted by Gasteiger charge is -2.22. The molecule has 0 radical (unpaired) electrons. The maximum absolute atomic E-state index is 12.8. The predicted molar refractivity (Wildman–Crippen MR) is 107 cm³/mol. The van der Waals surface area contributed by atoms with Gasteiger partial charge in [0.2, 0.25) is 0 Å². The van der Waals surface area contributed by atoms with E-state index in [1.807, 2.05) is 13.0 Å². The van der Waals surface area contributed by atoms with Crippen LogP contribution in [0.4, 0.5) is 0 Å². The Hall–Kier alpha value is -3.48. The molecule has 1 aliphatic rings. The van der Waals surface area contributed by atoms with E-state index in [-0.39, 0.29) is 11.3 Å². The lowest BCUT2D eigenvalue weighted by Crippen LogP contribution is -2.24. The number of benzene rings is 2. The first-order valence-corrected chi connectivity index (χ1v) is 8.95. The van der Waals surface area contributed by atoms with Gasteiger partial charge in [-0.15, -0.1) is 0 Å². The second-order valence-electron chi connectivity index (χ2n) is 6.73. The largest absolute Gasteiger partial charge is 0.507 e. The highest BCUT2D eigenvalue weighted by atomic mass is 16.5. The zero-order valence-corrected chi connectivity index (χ0v) is 17.0. The van der Waals surface area contributed by atoms with Crippen LogP contribution in [0.15, 0.2) is 42.0 Å². The van der Waals surface area contributed by atoms with Crippen molar-refractivity contribution in [3.05, 3.63) is 58.7 Å². The first-order valence-electron chi connectivity index (χ1n) is 8.95. The van der Waals surface area contributed by atoms with Gasteiger partial charge in [-0.25, -0.2) is 0 Å². The van der Waals surface area contributed by atoms with Crippen LogP contribution >= 0.6 is 0 Å². The summed E-state index contributed by atoms with van der Waals surface area (Å²) in [5.74, 6) is -0.359. The fourth-order valence-corrected chi connectivity index (χ4v) is 3.51. The number of rotatable bonds is 5. The molecule has 7 heteroatoms. The molecule has 1 heterocycles. The summed E-state index contributed by atoms with van der Waals surface area (Å²) in [6.07, 6.45) is 0. The Morgan fingerprint density at radius 1 is 0.931 bits per heavy atom. The molecule has 1 fully saturated rings. The molecule has 29 heavy (non-hydrogen) atoms. The Morgan fingerprint density at radius 2 is 1.55 bits per heavy atom. The van der Waals surface area contributed by atoms with Crippen LogP contribution in [0.5, 0.6) is 17.2 Å². The number of nitrogens with zero attached hydrogens (tertiary/aromatic N) is 1. The van der Waals surface area contributed by atoms with Crippen LogP contribution in [0, 0.1) is 6.92 Å². The number of likely N-dealkylation sites (N-methyl/N-ethyl adjacent to an activating group) is 1. The van der Waals surface area contributed by atoms with E-state index in [2.05, 4.69) is 0 Å². The van der Waals surface area contributed by atoms with Gasteiger partial charge in [-0.1, -0.05) is 17.7 Å². The second-order valence-corrected chi connectivity index (χ2v) is 6.73. The summed E-state index contributed by atoms with van der Waals surface area (Å²) in [6.45, 7) is 1.86. The lowest BCUT2D eigenvalue weighted by atomic mass is 9.94. The average molecular weight is 397 g/mol. The molecule has 7 nitrogen and oxygen atoms in total. The van der Waals surface area contributed by atoms with Crippen molar-refractivity contribution in [3.63, 3.8) is 0 Å². The van der Waals surface area contributed by atoms with Gasteiger partial charge in [0.25, 0.3) is 11.7 Å². The SMILES string of the molecule is COc1ccc(C2/C(=C(\O)c3cc(C)ccc3OC)C(=O)C(=O)N2C)cc1OC. The number of aliphatic hydroxyl groups excluding tert-OH is 1. The molecule has 2 aromatic rings. The smallest absolute Gasteiger partial charge is 0.295 e. The number of ether oxygens (including phenoxy) is 3. The molecule has 1 aliphatic heterocycles. The van der Waals surface area contributed by atoms with Crippen LogP contribution in [0.3, 0.4) is 0 Å². The van der Waals surface area contributed by atoms with E-state index in [1.165, 1.54) is 33.3 Å². The summed E-state index contributed by atoms with van der Waals surface area (Å²) in [5.41, 5.74) is 1.83. The van der Waals surface area contributed by atoms with Gasteiger partial charge in [0, 0.05) is 7.05 Å². The quantitative estimate of drug-likeness (QED) is 0.474. The predicted octanol–water partition coefficient (Wildman–Crippen LogP) is 3.07. The van der Waals surface area contributed by atoms with E-state index in [4.69, 9.17) is 14.2 Å². The van der Waals surface area contributed by atoms with Crippen LogP contribution < -0.4 is 14.2 Å². The number of hydrogen-bond donors (Lipinski definition) is 1. The Labute approximate surface area is 169 Å². The Bertz CT molecular complexity index is 1010. The van der Waals surface area contributed by atoms with Crippen LogP contribution in [0.2, 0.25) is 0 Å². The number of aryl methyl sites for hydroxylation is 1. The molecule has 1 N–H and O–H groups in total. The van der Waals surface area contributed by atoms with Crippen molar-refractivity contribution in [1.29, 1.82) is 0 Å². The lowest BCUT2D eigenvalue weighted by molar-refractivity contribution is -0.139. The number of hydrogen-bond acceptors (Lipinski definition) is 6. The molecule has 0 aromatic heterocycles. The molecule has 0 spiro atoms. The van der Waals surface area contributed by atoms with Gasteiger partial charge < -0.3 is 24.2 Å². The van der Waals surface area contributed by atoms with E-state index in [0.717, 1.165) is 5.56 Å². The van der Waals surface area contributed by atoms with Crippen molar-refractivity contribution < 1.29 is 28.9 Å². The normalized spacial score (nSPS) is 18.1. The molecule has 3 rings (SSSR count). The summed E-state index contributed by atoms with van der Waals surface area (Å²) in [6, 6.07) is 9.58.